The van der Waals surface area contributed by atoms with Gasteiger partial charge >= 0.3 is 0 Å². The zero-order chi connectivity index (χ0) is 14.4. The second kappa shape index (κ2) is 6.72. The highest BCUT2D eigenvalue weighted by Crippen LogP contribution is 2.16. The molecule has 1 unspecified atom stereocenters. The fourth-order valence-corrected chi connectivity index (χ4v) is 2.04. The number of thiocarbonyl (C=S) groups is 1. The Labute approximate surface area is 122 Å². The van der Waals surface area contributed by atoms with E-state index in [-0.39, 0.29) is 10.9 Å². The van der Waals surface area contributed by atoms with Crippen LogP contribution in [0.4, 0.5) is 0 Å². The van der Waals surface area contributed by atoms with Crippen molar-refractivity contribution in [3.63, 3.8) is 0 Å². The molecule has 0 spiro atoms. The summed E-state index contributed by atoms with van der Waals surface area (Å²) in [6, 6.07) is 12.8. The van der Waals surface area contributed by atoms with Crippen molar-refractivity contribution in [1.82, 2.24) is 15.5 Å². The van der Waals surface area contributed by atoms with E-state index in [2.05, 4.69) is 15.5 Å². The van der Waals surface area contributed by atoms with Crippen molar-refractivity contribution in [3.05, 3.63) is 59.9 Å². The third-order valence-corrected chi connectivity index (χ3v) is 2.99. The molecular formula is C14H14N4OS. The Balaban J connectivity index is 2.07. The van der Waals surface area contributed by atoms with Crippen LogP contribution >= 0.6 is 12.2 Å². The first-order valence-electron chi connectivity index (χ1n) is 6.07. The zero-order valence-corrected chi connectivity index (χ0v) is 11.5. The van der Waals surface area contributed by atoms with Crippen LogP contribution in [0.15, 0.2) is 48.7 Å². The SMILES string of the molecule is NC(=S)C(C(=O)NCc1cccnn1)c1ccccc1. The van der Waals surface area contributed by atoms with E-state index < -0.39 is 5.92 Å². The molecule has 0 aliphatic carbocycles. The molecule has 0 fully saturated rings. The maximum atomic E-state index is 12.2. The van der Waals surface area contributed by atoms with E-state index in [1.165, 1.54) is 0 Å². The van der Waals surface area contributed by atoms with Crippen LogP contribution in [0.1, 0.15) is 17.2 Å². The number of nitrogens with one attached hydrogen (secondary N) is 1. The lowest BCUT2D eigenvalue weighted by atomic mass is 9.98. The minimum atomic E-state index is -0.636. The largest absolute Gasteiger partial charge is 0.392 e. The van der Waals surface area contributed by atoms with Crippen molar-refractivity contribution in [2.45, 2.75) is 12.5 Å². The predicted octanol–water partition coefficient (Wildman–Crippen LogP) is 1.16. The van der Waals surface area contributed by atoms with Crippen LogP contribution < -0.4 is 11.1 Å². The fraction of sp³-hybridized carbons (Fsp3) is 0.143. The molecule has 0 saturated heterocycles. The van der Waals surface area contributed by atoms with Crippen molar-refractivity contribution >= 4 is 23.1 Å². The zero-order valence-electron chi connectivity index (χ0n) is 10.7. The number of nitrogens with zero attached hydrogens (tertiary/aromatic N) is 2. The standard InChI is InChI=1S/C14H14N4OS/c15-13(20)12(10-5-2-1-3-6-10)14(19)16-9-11-7-4-8-17-18-11/h1-8,12H,9H2,(H2,15,20)(H,16,19). The first-order valence-corrected chi connectivity index (χ1v) is 6.48. The smallest absolute Gasteiger partial charge is 0.234 e. The molecule has 1 heterocycles. The third kappa shape index (κ3) is 3.58. The number of nitrogens with two attached hydrogens (primary N) is 1. The van der Waals surface area contributed by atoms with Crippen molar-refractivity contribution in [2.75, 3.05) is 0 Å². The quantitative estimate of drug-likeness (QED) is 0.806. The number of rotatable bonds is 5. The number of hydrogen-bond donors (Lipinski definition) is 2. The van der Waals surface area contributed by atoms with Crippen LogP contribution in [0.2, 0.25) is 0 Å². The van der Waals surface area contributed by atoms with Gasteiger partial charge in [0.2, 0.25) is 5.91 Å². The van der Waals surface area contributed by atoms with Crippen molar-refractivity contribution in [3.8, 4) is 0 Å². The first kappa shape index (κ1) is 14.1. The van der Waals surface area contributed by atoms with Gasteiger partial charge in [-0.15, -0.1) is 0 Å². The number of amides is 1. The number of aromatic nitrogens is 2. The van der Waals surface area contributed by atoms with Gasteiger partial charge in [0.05, 0.1) is 17.2 Å². The lowest BCUT2D eigenvalue weighted by Crippen LogP contribution is -2.36. The van der Waals surface area contributed by atoms with Crippen LogP contribution in [0.25, 0.3) is 0 Å². The van der Waals surface area contributed by atoms with Crippen LogP contribution in [-0.2, 0) is 11.3 Å². The lowest BCUT2D eigenvalue weighted by molar-refractivity contribution is -0.121. The summed E-state index contributed by atoms with van der Waals surface area (Å²) in [4.78, 5) is 12.4. The Morgan fingerprint density at radius 1 is 1.25 bits per heavy atom. The molecule has 0 bridgehead atoms. The molecule has 1 aromatic heterocycles. The Morgan fingerprint density at radius 3 is 2.60 bits per heavy atom. The molecule has 102 valence electrons. The Hall–Kier alpha value is -2.34. The van der Waals surface area contributed by atoms with Gasteiger partial charge in [0.1, 0.15) is 5.92 Å². The highest BCUT2D eigenvalue weighted by Gasteiger charge is 2.23. The highest BCUT2D eigenvalue weighted by molar-refractivity contribution is 7.80. The molecule has 2 aromatic rings. The number of benzene rings is 1. The van der Waals surface area contributed by atoms with E-state index in [1.807, 2.05) is 30.3 Å². The molecule has 0 radical (unpaired) electrons. The number of hydrogen-bond acceptors (Lipinski definition) is 4. The molecule has 1 atom stereocenters. The summed E-state index contributed by atoms with van der Waals surface area (Å²) < 4.78 is 0. The molecule has 20 heavy (non-hydrogen) atoms. The van der Waals surface area contributed by atoms with Gasteiger partial charge in [-0.2, -0.15) is 10.2 Å². The minimum absolute atomic E-state index is 0.146. The third-order valence-electron chi connectivity index (χ3n) is 2.75. The van der Waals surface area contributed by atoms with Crippen LogP contribution in [-0.4, -0.2) is 21.1 Å². The predicted molar refractivity (Wildman–Crippen MR) is 79.8 cm³/mol. The average molecular weight is 286 g/mol. The van der Waals surface area contributed by atoms with Crippen molar-refractivity contribution < 1.29 is 4.79 Å². The normalized spacial score (nSPS) is 11.6. The van der Waals surface area contributed by atoms with Crippen molar-refractivity contribution in [1.29, 1.82) is 0 Å². The molecule has 0 saturated carbocycles. The number of carbonyl (C=O) groups is 1. The molecule has 0 aliphatic rings. The summed E-state index contributed by atoms with van der Waals surface area (Å²) in [5, 5.41) is 10.4. The van der Waals surface area contributed by atoms with Gasteiger partial charge < -0.3 is 11.1 Å². The summed E-state index contributed by atoms with van der Waals surface area (Å²) in [5.41, 5.74) is 7.13. The maximum absolute atomic E-state index is 12.2. The average Bonchev–Trinajstić information content (AvgIpc) is 2.47. The van der Waals surface area contributed by atoms with Gasteiger partial charge in [0.25, 0.3) is 0 Å². The second-order valence-corrected chi connectivity index (χ2v) is 4.65. The molecule has 1 aromatic carbocycles. The molecule has 6 heteroatoms. The van der Waals surface area contributed by atoms with E-state index >= 15 is 0 Å². The van der Waals surface area contributed by atoms with E-state index in [9.17, 15) is 4.79 Å². The summed E-state index contributed by atoms with van der Waals surface area (Å²) in [5.74, 6) is -0.878. The molecule has 0 aliphatic heterocycles. The van der Waals surface area contributed by atoms with Crippen LogP contribution in [0, 0.1) is 0 Å². The Morgan fingerprint density at radius 2 is 2.00 bits per heavy atom. The molecule has 2 rings (SSSR count). The fourth-order valence-electron chi connectivity index (χ4n) is 1.80. The van der Waals surface area contributed by atoms with E-state index in [0.29, 0.717) is 12.2 Å². The lowest BCUT2D eigenvalue weighted by Gasteiger charge is -2.15. The minimum Gasteiger partial charge on any atom is -0.392 e. The van der Waals surface area contributed by atoms with Gasteiger partial charge in [-0.1, -0.05) is 42.5 Å². The topological polar surface area (TPSA) is 80.9 Å². The van der Waals surface area contributed by atoms with Gasteiger partial charge in [-0.05, 0) is 17.7 Å². The molecule has 3 N–H and O–H groups in total. The monoisotopic (exact) mass is 286 g/mol. The summed E-state index contributed by atoms with van der Waals surface area (Å²) >= 11 is 5.00. The second-order valence-electron chi connectivity index (χ2n) is 4.18. The summed E-state index contributed by atoms with van der Waals surface area (Å²) in [7, 11) is 0. The van der Waals surface area contributed by atoms with Crippen LogP contribution in [0.3, 0.4) is 0 Å². The van der Waals surface area contributed by atoms with Gasteiger partial charge in [-0.3, -0.25) is 4.79 Å². The first-order chi connectivity index (χ1) is 9.68. The molecule has 5 nitrogen and oxygen atoms in total. The molecule has 1 amide bonds. The van der Waals surface area contributed by atoms with Gasteiger partial charge in [0.15, 0.2) is 0 Å². The summed E-state index contributed by atoms with van der Waals surface area (Å²) in [6.07, 6.45) is 1.58. The van der Waals surface area contributed by atoms with Gasteiger partial charge in [0, 0.05) is 6.20 Å². The Bertz CT molecular complexity index is 589. The van der Waals surface area contributed by atoms with Crippen molar-refractivity contribution in [2.24, 2.45) is 5.73 Å². The molecular weight excluding hydrogens is 272 g/mol. The maximum Gasteiger partial charge on any atom is 0.234 e. The van der Waals surface area contributed by atoms with E-state index in [4.69, 9.17) is 18.0 Å². The van der Waals surface area contributed by atoms with E-state index in [0.717, 1.165) is 5.56 Å². The highest BCUT2D eigenvalue weighted by atomic mass is 32.1. The van der Waals surface area contributed by atoms with Crippen LogP contribution in [0.5, 0.6) is 0 Å². The van der Waals surface area contributed by atoms with Gasteiger partial charge in [-0.25, -0.2) is 0 Å². The Kier molecular flexibility index (Phi) is 4.73. The summed E-state index contributed by atoms with van der Waals surface area (Å²) in [6.45, 7) is 0.290. The van der Waals surface area contributed by atoms with E-state index in [1.54, 1.807) is 18.3 Å². The number of carbonyl (C=O) groups excluding carboxylic acids is 1.